The molecule has 1 unspecified atom stereocenters. The van der Waals surface area contributed by atoms with Gasteiger partial charge in [0.2, 0.25) is 0 Å². The zero-order chi connectivity index (χ0) is 12.6. The van der Waals surface area contributed by atoms with Gasteiger partial charge in [0.25, 0.3) is 0 Å². The summed E-state index contributed by atoms with van der Waals surface area (Å²) in [6, 6.07) is 4.76. The van der Waals surface area contributed by atoms with Gasteiger partial charge in [-0.15, -0.1) is 0 Å². The highest BCUT2D eigenvalue weighted by Crippen LogP contribution is 2.29. The number of nitrogens with one attached hydrogen (secondary N) is 1. The fourth-order valence-electron chi connectivity index (χ4n) is 3.07. The van der Waals surface area contributed by atoms with Gasteiger partial charge < -0.3 is 9.73 Å². The first-order chi connectivity index (χ1) is 8.88. The summed E-state index contributed by atoms with van der Waals surface area (Å²) in [5, 5.41) is 3.72. The van der Waals surface area contributed by atoms with Crippen molar-refractivity contribution in [2.24, 2.45) is 5.92 Å². The highest BCUT2D eigenvalue weighted by Gasteiger charge is 2.19. The Hall–Kier alpha value is -0.760. The van der Waals surface area contributed by atoms with Crippen molar-refractivity contribution in [3.05, 3.63) is 24.2 Å². The van der Waals surface area contributed by atoms with Crippen LogP contribution in [0.5, 0.6) is 0 Å². The molecule has 102 valence electrons. The summed E-state index contributed by atoms with van der Waals surface area (Å²) in [5.74, 6) is 2.10. The van der Waals surface area contributed by atoms with E-state index in [4.69, 9.17) is 4.42 Å². The maximum Gasteiger partial charge on any atom is 0.103 e. The first kappa shape index (κ1) is 13.7. The van der Waals surface area contributed by atoms with Crippen LogP contribution in [0.25, 0.3) is 0 Å². The lowest BCUT2D eigenvalue weighted by Crippen LogP contribution is -2.32. The van der Waals surface area contributed by atoms with Crippen molar-refractivity contribution in [3.63, 3.8) is 0 Å². The van der Waals surface area contributed by atoms with E-state index in [1.54, 1.807) is 6.26 Å². The molecular weight excluding hydrogens is 222 g/mol. The third kappa shape index (κ3) is 4.49. The molecule has 0 spiro atoms. The van der Waals surface area contributed by atoms with E-state index in [9.17, 15) is 0 Å². The van der Waals surface area contributed by atoms with Gasteiger partial charge in [0.15, 0.2) is 0 Å². The van der Waals surface area contributed by atoms with Crippen LogP contribution in [0.1, 0.15) is 57.6 Å². The molecule has 2 rings (SSSR count). The molecule has 0 saturated heterocycles. The second-order valence-corrected chi connectivity index (χ2v) is 5.66. The third-order valence-corrected chi connectivity index (χ3v) is 4.09. The van der Waals surface area contributed by atoms with Crippen LogP contribution < -0.4 is 5.32 Å². The Morgan fingerprint density at radius 1 is 1.39 bits per heavy atom. The highest BCUT2D eigenvalue weighted by atomic mass is 16.3. The standard InChI is InChI=1S/C16H27NO/c1-2-11-17-15(13-14-6-3-4-7-14)9-10-16-8-5-12-18-16/h5,8,12,14-15,17H,2-4,6-7,9-11,13H2,1H3. The van der Waals surface area contributed by atoms with Gasteiger partial charge in [-0.2, -0.15) is 0 Å². The van der Waals surface area contributed by atoms with E-state index in [0.29, 0.717) is 6.04 Å². The minimum atomic E-state index is 0.679. The lowest BCUT2D eigenvalue weighted by atomic mass is 9.95. The van der Waals surface area contributed by atoms with Gasteiger partial charge in [-0.25, -0.2) is 0 Å². The first-order valence-electron chi connectivity index (χ1n) is 7.64. The first-order valence-corrected chi connectivity index (χ1v) is 7.64. The Labute approximate surface area is 111 Å². The van der Waals surface area contributed by atoms with Gasteiger partial charge in [0.1, 0.15) is 5.76 Å². The molecule has 1 aliphatic rings. The van der Waals surface area contributed by atoms with Gasteiger partial charge >= 0.3 is 0 Å². The Morgan fingerprint density at radius 2 is 2.22 bits per heavy atom. The predicted molar refractivity (Wildman–Crippen MR) is 75.7 cm³/mol. The molecule has 0 radical (unpaired) electrons. The molecule has 1 fully saturated rings. The number of aryl methyl sites for hydroxylation is 1. The van der Waals surface area contributed by atoms with E-state index in [-0.39, 0.29) is 0 Å². The molecule has 2 nitrogen and oxygen atoms in total. The molecule has 0 aliphatic heterocycles. The molecule has 2 heteroatoms. The van der Waals surface area contributed by atoms with Gasteiger partial charge in [-0.05, 0) is 43.9 Å². The summed E-state index contributed by atoms with van der Waals surface area (Å²) in [4.78, 5) is 0. The maximum atomic E-state index is 5.43. The average Bonchev–Trinajstić information content (AvgIpc) is 3.05. The molecule has 0 aromatic carbocycles. The molecule has 1 N–H and O–H groups in total. The molecule has 1 saturated carbocycles. The fraction of sp³-hybridized carbons (Fsp3) is 0.750. The van der Waals surface area contributed by atoms with E-state index in [0.717, 1.165) is 24.6 Å². The lowest BCUT2D eigenvalue weighted by molar-refractivity contribution is 0.362. The van der Waals surface area contributed by atoms with Crippen molar-refractivity contribution in [2.75, 3.05) is 6.54 Å². The van der Waals surface area contributed by atoms with Crippen LogP contribution in [-0.4, -0.2) is 12.6 Å². The summed E-state index contributed by atoms with van der Waals surface area (Å²) in [7, 11) is 0. The molecule has 1 aliphatic carbocycles. The average molecular weight is 249 g/mol. The van der Waals surface area contributed by atoms with Crippen molar-refractivity contribution in [1.29, 1.82) is 0 Å². The topological polar surface area (TPSA) is 25.2 Å². The molecule has 0 amide bonds. The van der Waals surface area contributed by atoms with Crippen LogP contribution in [-0.2, 0) is 6.42 Å². The minimum Gasteiger partial charge on any atom is -0.469 e. The number of hydrogen-bond acceptors (Lipinski definition) is 2. The Morgan fingerprint density at radius 3 is 2.89 bits per heavy atom. The van der Waals surface area contributed by atoms with Crippen LogP contribution in [0.4, 0.5) is 0 Å². The fourth-order valence-corrected chi connectivity index (χ4v) is 3.07. The normalized spacial score (nSPS) is 18.3. The van der Waals surface area contributed by atoms with Crippen LogP contribution >= 0.6 is 0 Å². The largest absolute Gasteiger partial charge is 0.469 e. The third-order valence-electron chi connectivity index (χ3n) is 4.09. The van der Waals surface area contributed by atoms with Gasteiger partial charge in [0, 0.05) is 12.5 Å². The van der Waals surface area contributed by atoms with Gasteiger partial charge in [-0.1, -0.05) is 32.6 Å². The van der Waals surface area contributed by atoms with E-state index in [2.05, 4.69) is 18.3 Å². The van der Waals surface area contributed by atoms with E-state index < -0.39 is 0 Å². The Balaban J connectivity index is 1.75. The minimum absolute atomic E-state index is 0.679. The number of rotatable bonds is 8. The Kier molecular flexibility index (Phi) is 5.79. The molecule has 0 bridgehead atoms. The molecule has 1 aromatic rings. The summed E-state index contributed by atoms with van der Waals surface area (Å²) >= 11 is 0. The van der Waals surface area contributed by atoms with E-state index >= 15 is 0 Å². The van der Waals surface area contributed by atoms with Crippen LogP contribution in [0.3, 0.4) is 0 Å². The Bertz CT molecular complexity index is 301. The highest BCUT2D eigenvalue weighted by molar-refractivity contribution is 4.98. The lowest BCUT2D eigenvalue weighted by Gasteiger charge is -2.21. The van der Waals surface area contributed by atoms with Crippen LogP contribution in [0.15, 0.2) is 22.8 Å². The second kappa shape index (κ2) is 7.63. The summed E-state index contributed by atoms with van der Waals surface area (Å²) in [6.07, 6.45) is 12.4. The van der Waals surface area contributed by atoms with E-state index in [1.807, 2.05) is 6.07 Å². The summed E-state index contributed by atoms with van der Waals surface area (Å²) in [6.45, 7) is 3.39. The molecule has 1 aromatic heterocycles. The predicted octanol–water partition coefficient (Wildman–Crippen LogP) is 4.16. The molecule has 1 heterocycles. The van der Waals surface area contributed by atoms with Crippen LogP contribution in [0.2, 0.25) is 0 Å². The summed E-state index contributed by atoms with van der Waals surface area (Å²) in [5.41, 5.74) is 0. The summed E-state index contributed by atoms with van der Waals surface area (Å²) < 4.78 is 5.43. The van der Waals surface area contributed by atoms with Gasteiger partial charge in [0.05, 0.1) is 6.26 Å². The second-order valence-electron chi connectivity index (χ2n) is 5.66. The quantitative estimate of drug-likeness (QED) is 0.748. The van der Waals surface area contributed by atoms with Crippen molar-refractivity contribution in [1.82, 2.24) is 5.32 Å². The van der Waals surface area contributed by atoms with Crippen molar-refractivity contribution < 1.29 is 4.42 Å². The van der Waals surface area contributed by atoms with Crippen molar-refractivity contribution >= 4 is 0 Å². The van der Waals surface area contributed by atoms with E-state index in [1.165, 1.54) is 44.9 Å². The SMILES string of the molecule is CCCNC(CCc1ccco1)CC1CCCC1. The van der Waals surface area contributed by atoms with Crippen LogP contribution in [0, 0.1) is 5.92 Å². The maximum absolute atomic E-state index is 5.43. The van der Waals surface area contributed by atoms with Crippen molar-refractivity contribution in [2.45, 2.75) is 64.3 Å². The monoisotopic (exact) mass is 249 g/mol. The number of hydrogen-bond donors (Lipinski definition) is 1. The number of furan rings is 1. The molecular formula is C16H27NO. The van der Waals surface area contributed by atoms with Crippen molar-refractivity contribution in [3.8, 4) is 0 Å². The molecule has 1 atom stereocenters. The van der Waals surface area contributed by atoms with Gasteiger partial charge in [-0.3, -0.25) is 0 Å². The zero-order valence-corrected chi connectivity index (χ0v) is 11.7. The zero-order valence-electron chi connectivity index (χ0n) is 11.7. The molecule has 18 heavy (non-hydrogen) atoms. The smallest absolute Gasteiger partial charge is 0.103 e.